The first-order chi connectivity index (χ1) is 16.5. The highest BCUT2D eigenvalue weighted by atomic mass is 19.1. The molecule has 0 spiro atoms. The average molecular weight is 458 g/mol. The molecule has 0 saturated carbocycles. The number of carbonyl (C=O) groups is 2. The number of hydrogen-bond donors (Lipinski definition) is 0. The topological polar surface area (TPSA) is 55.8 Å². The first-order valence-corrected chi connectivity index (χ1v) is 11.4. The van der Waals surface area contributed by atoms with Gasteiger partial charge in [0.15, 0.2) is 6.29 Å². The van der Waals surface area contributed by atoms with E-state index in [0.717, 1.165) is 22.3 Å². The van der Waals surface area contributed by atoms with Gasteiger partial charge in [0.2, 0.25) is 11.8 Å². The molecule has 0 radical (unpaired) electrons. The van der Waals surface area contributed by atoms with Crippen molar-refractivity contribution in [1.29, 1.82) is 0 Å². The number of ether oxygens (including phenoxy) is 2. The lowest BCUT2D eigenvalue weighted by atomic mass is 9.47. The number of hydrogen-bond acceptors (Lipinski definition) is 4. The summed E-state index contributed by atoms with van der Waals surface area (Å²) in [5, 5.41) is 0. The van der Waals surface area contributed by atoms with Crippen LogP contribution in [0.3, 0.4) is 0 Å². The van der Waals surface area contributed by atoms with Crippen LogP contribution in [0.25, 0.3) is 0 Å². The van der Waals surface area contributed by atoms with E-state index in [1.54, 1.807) is 26.4 Å². The first kappa shape index (κ1) is 21.2. The molecule has 1 aliphatic heterocycles. The van der Waals surface area contributed by atoms with Crippen molar-refractivity contribution < 1.29 is 23.5 Å². The van der Waals surface area contributed by atoms with Crippen molar-refractivity contribution in [3.63, 3.8) is 0 Å². The minimum Gasteiger partial charge on any atom is -0.355 e. The van der Waals surface area contributed by atoms with Crippen molar-refractivity contribution in [3.05, 3.63) is 106 Å². The predicted molar refractivity (Wildman–Crippen MR) is 122 cm³/mol. The second kappa shape index (κ2) is 7.58. The highest BCUT2D eigenvalue weighted by molar-refractivity contribution is 6.08. The number of amides is 2. The minimum atomic E-state index is -0.972. The molecule has 3 aromatic rings. The van der Waals surface area contributed by atoms with E-state index in [2.05, 4.69) is 0 Å². The van der Waals surface area contributed by atoms with Crippen LogP contribution in [0, 0.1) is 17.7 Å². The predicted octanol–water partition coefficient (Wildman–Crippen LogP) is 3.99. The molecule has 3 aliphatic carbocycles. The van der Waals surface area contributed by atoms with Gasteiger partial charge in [0.25, 0.3) is 0 Å². The molecule has 2 amide bonds. The summed E-state index contributed by atoms with van der Waals surface area (Å²) >= 11 is 0. The summed E-state index contributed by atoms with van der Waals surface area (Å²) in [6.45, 7) is 0.102. The van der Waals surface area contributed by atoms with Gasteiger partial charge in [0.1, 0.15) is 5.82 Å². The summed E-state index contributed by atoms with van der Waals surface area (Å²) < 4.78 is 25.2. The van der Waals surface area contributed by atoms with Gasteiger partial charge < -0.3 is 9.47 Å². The van der Waals surface area contributed by atoms with Gasteiger partial charge in [-0.25, -0.2) is 4.39 Å². The van der Waals surface area contributed by atoms with Crippen molar-refractivity contribution >= 4 is 11.8 Å². The summed E-state index contributed by atoms with van der Waals surface area (Å²) in [4.78, 5) is 29.4. The lowest BCUT2D eigenvalue weighted by Gasteiger charge is -2.56. The van der Waals surface area contributed by atoms with Gasteiger partial charge in [-0.1, -0.05) is 60.7 Å². The zero-order valence-corrected chi connectivity index (χ0v) is 18.9. The number of likely N-dealkylation sites (tertiary alicyclic amines) is 1. The maximum absolute atomic E-state index is 14.1. The van der Waals surface area contributed by atoms with E-state index < -0.39 is 23.5 Å². The number of nitrogens with zero attached hydrogens (tertiary/aromatic N) is 1. The van der Waals surface area contributed by atoms with Gasteiger partial charge >= 0.3 is 0 Å². The number of carbonyl (C=O) groups excluding carboxylic acids is 2. The van der Waals surface area contributed by atoms with Crippen LogP contribution in [0.2, 0.25) is 0 Å². The molecule has 5 nitrogen and oxygen atoms in total. The third-order valence-corrected chi connectivity index (χ3v) is 7.83. The van der Waals surface area contributed by atoms with Gasteiger partial charge in [-0.15, -0.1) is 0 Å². The number of halogens is 1. The number of methoxy groups -OCH3 is 2. The van der Waals surface area contributed by atoms with E-state index >= 15 is 0 Å². The zero-order chi connectivity index (χ0) is 23.6. The SMILES string of the molecule is COC(OC)C12c3ccccc3C(c3ccccc31)[C@H]1C(=O)N(Cc3ccc(F)cc3)C(=O)[C@H]12. The molecule has 0 unspecified atom stereocenters. The molecule has 172 valence electrons. The van der Waals surface area contributed by atoms with Gasteiger partial charge in [0.05, 0.1) is 23.8 Å². The molecule has 0 N–H and O–H groups in total. The Bertz CT molecular complexity index is 1250. The van der Waals surface area contributed by atoms with Crippen LogP contribution in [0.15, 0.2) is 72.8 Å². The van der Waals surface area contributed by atoms with Crippen LogP contribution < -0.4 is 0 Å². The normalized spacial score (nSPS) is 26.6. The highest BCUT2D eigenvalue weighted by Crippen LogP contribution is 2.65. The van der Waals surface area contributed by atoms with Crippen LogP contribution in [-0.2, 0) is 31.0 Å². The van der Waals surface area contributed by atoms with Crippen molar-refractivity contribution in [2.45, 2.75) is 24.2 Å². The average Bonchev–Trinajstić information content (AvgIpc) is 3.12. The second-order valence-corrected chi connectivity index (χ2v) is 9.22. The lowest BCUT2D eigenvalue weighted by Crippen LogP contribution is -2.60. The zero-order valence-electron chi connectivity index (χ0n) is 18.9. The van der Waals surface area contributed by atoms with Gasteiger partial charge in [-0.05, 0) is 39.9 Å². The number of benzene rings is 3. The fourth-order valence-electron chi connectivity index (χ4n) is 6.69. The molecule has 1 fully saturated rings. The Labute approximate surface area is 197 Å². The Kier molecular flexibility index (Phi) is 4.73. The molecule has 1 heterocycles. The molecule has 2 bridgehead atoms. The molecular weight excluding hydrogens is 433 g/mol. The molecule has 1 saturated heterocycles. The summed E-state index contributed by atoms with van der Waals surface area (Å²) in [6, 6.07) is 21.9. The molecule has 4 aliphatic rings. The van der Waals surface area contributed by atoms with Gasteiger partial charge in [-0.2, -0.15) is 0 Å². The van der Waals surface area contributed by atoms with E-state index in [0.29, 0.717) is 5.56 Å². The fraction of sp³-hybridized carbons (Fsp3) is 0.286. The third kappa shape index (κ3) is 2.55. The van der Waals surface area contributed by atoms with Crippen LogP contribution in [0.1, 0.15) is 33.7 Å². The molecule has 34 heavy (non-hydrogen) atoms. The van der Waals surface area contributed by atoms with Crippen LogP contribution >= 0.6 is 0 Å². The van der Waals surface area contributed by atoms with Crippen molar-refractivity contribution in [2.75, 3.05) is 14.2 Å². The van der Waals surface area contributed by atoms with Gasteiger partial charge in [-0.3, -0.25) is 14.5 Å². The smallest absolute Gasteiger partial charge is 0.234 e. The maximum atomic E-state index is 14.1. The van der Waals surface area contributed by atoms with E-state index in [9.17, 15) is 14.0 Å². The van der Waals surface area contributed by atoms with Crippen LogP contribution in [-0.4, -0.2) is 37.2 Å². The van der Waals surface area contributed by atoms with E-state index in [-0.39, 0.29) is 30.1 Å². The third-order valence-electron chi connectivity index (χ3n) is 7.83. The number of rotatable bonds is 5. The Morgan fingerprint density at radius 2 is 1.41 bits per heavy atom. The van der Waals surface area contributed by atoms with E-state index in [1.807, 2.05) is 48.5 Å². The standard InChI is InChI=1S/C28H24FNO4/c1-33-27(34-2)28-20-9-5-3-7-18(20)22(19-8-4-6-10-21(19)28)23-24(28)26(32)30(25(23)31)15-16-11-13-17(29)14-12-16/h3-14,22-24,27H,15H2,1-2H3/t22?,23-,24+,28?/m1/s1. The van der Waals surface area contributed by atoms with Crippen molar-refractivity contribution in [1.82, 2.24) is 4.90 Å². The number of imide groups is 1. The second-order valence-electron chi connectivity index (χ2n) is 9.22. The molecule has 3 aromatic carbocycles. The fourth-order valence-corrected chi connectivity index (χ4v) is 6.69. The minimum absolute atomic E-state index is 0.102. The van der Waals surface area contributed by atoms with Crippen LogP contribution in [0.4, 0.5) is 4.39 Å². The lowest BCUT2D eigenvalue weighted by molar-refractivity contribution is -0.169. The Morgan fingerprint density at radius 3 is 1.97 bits per heavy atom. The highest BCUT2D eigenvalue weighted by Gasteiger charge is 2.70. The van der Waals surface area contributed by atoms with Gasteiger partial charge in [0, 0.05) is 20.1 Å². The molecule has 0 aromatic heterocycles. The Morgan fingerprint density at radius 1 is 0.853 bits per heavy atom. The Hall–Kier alpha value is -3.35. The van der Waals surface area contributed by atoms with Crippen molar-refractivity contribution in [2.24, 2.45) is 11.8 Å². The largest absolute Gasteiger partial charge is 0.355 e. The quantitative estimate of drug-likeness (QED) is 0.430. The maximum Gasteiger partial charge on any atom is 0.234 e. The van der Waals surface area contributed by atoms with Crippen LogP contribution in [0.5, 0.6) is 0 Å². The summed E-state index contributed by atoms with van der Waals surface area (Å²) in [5.41, 5.74) is 3.74. The molecular formula is C28H24FNO4. The summed E-state index contributed by atoms with van der Waals surface area (Å²) in [6.07, 6.45) is -0.772. The summed E-state index contributed by atoms with van der Waals surface area (Å²) in [7, 11) is 3.14. The monoisotopic (exact) mass is 457 g/mol. The Balaban J connectivity index is 1.58. The molecule has 6 heteroatoms. The summed E-state index contributed by atoms with van der Waals surface area (Å²) in [5.74, 6) is -2.27. The van der Waals surface area contributed by atoms with Crippen molar-refractivity contribution in [3.8, 4) is 0 Å². The van der Waals surface area contributed by atoms with E-state index in [4.69, 9.17) is 9.47 Å². The van der Waals surface area contributed by atoms with E-state index in [1.165, 1.54) is 17.0 Å². The molecule has 2 atom stereocenters. The first-order valence-electron chi connectivity index (χ1n) is 11.4. The molecule has 7 rings (SSSR count).